The molecule has 0 aromatic carbocycles. The lowest BCUT2D eigenvalue weighted by Crippen LogP contribution is -2.27. The minimum Gasteiger partial charge on any atom is -0.393 e. The summed E-state index contributed by atoms with van der Waals surface area (Å²) in [5, 5.41) is 11.5. The summed E-state index contributed by atoms with van der Waals surface area (Å²) in [5.41, 5.74) is 0.923. The van der Waals surface area contributed by atoms with E-state index in [1.54, 1.807) is 6.92 Å². The molecule has 7 heteroatoms. The van der Waals surface area contributed by atoms with Crippen molar-refractivity contribution in [1.82, 2.24) is 5.32 Å². The maximum absolute atomic E-state index is 11.4. The van der Waals surface area contributed by atoms with Crippen LogP contribution in [0.4, 0.5) is 0 Å². The fourth-order valence-corrected chi connectivity index (χ4v) is 2.03. The lowest BCUT2D eigenvalue weighted by molar-refractivity contribution is -0.116. The molecule has 0 spiro atoms. The fourth-order valence-electron chi connectivity index (χ4n) is 1.67. The molecule has 0 aromatic heterocycles. The Balaban J connectivity index is 3.79. The predicted octanol–water partition coefficient (Wildman–Crippen LogP) is 1.27. The number of carbonyl (C=O) groups is 1. The highest BCUT2D eigenvalue weighted by atomic mass is 32.2. The smallest absolute Gasteiger partial charge is 0.266 e. The zero-order chi connectivity index (χ0) is 15.6. The van der Waals surface area contributed by atoms with Crippen LogP contribution in [0.1, 0.15) is 46.0 Å². The molecule has 3 N–H and O–H groups in total. The van der Waals surface area contributed by atoms with Gasteiger partial charge in [0, 0.05) is 12.6 Å². The number of unbranched alkanes of at least 4 members (excludes halogenated alkanes) is 2. The largest absolute Gasteiger partial charge is 0.393 e. The lowest BCUT2D eigenvalue weighted by atomic mass is 10.1. The van der Waals surface area contributed by atoms with E-state index in [0.717, 1.165) is 37.7 Å². The van der Waals surface area contributed by atoms with Crippen LogP contribution in [0, 0.1) is 0 Å². The van der Waals surface area contributed by atoms with E-state index in [-0.39, 0.29) is 18.6 Å². The van der Waals surface area contributed by atoms with Crippen molar-refractivity contribution in [2.45, 2.75) is 52.1 Å². The molecule has 0 saturated heterocycles. The Hall–Kier alpha value is -0.920. The second kappa shape index (κ2) is 9.90. The van der Waals surface area contributed by atoms with Gasteiger partial charge in [-0.05, 0) is 33.1 Å². The van der Waals surface area contributed by atoms with Crippen LogP contribution in [0.3, 0.4) is 0 Å². The van der Waals surface area contributed by atoms with Gasteiger partial charge in [0.1, 0.15) is 0 Å². The fraction of sp³-hybridized carbons (Fsp3) is 0.769. The van der Waals surface area contributed by atoms with Gasteiger partial charge in [-0.2, -0.15) is 8.42 Å². The molecule has 0 fully saturated rings. The van der Waals surface area contributed by atoms with Crippen LogP contribution in [-0.4, -0.2) is 42.4 Å². The van der Waals surface area contributed by atoms with E-state index in [2.05, 4.69) is 5.32 Å². The normalized spacial score (nSPS) is 14.1. The number of allylic oxidation sites excluding steroid dienone is 1. The van der Waals surface area contributed by atoms with Crippen molar-refractivity contribution >= 4 is 16.0 Å². The highest BCUT2D eigenvalue weighted by Gasteiger charge is 2.05. The Morgan fingerprint density at radius 1 is 1.30 bits per heavy atom. The first-order valence-corrected chi connectivity index (χ1v) is 8.40. The van der Waals surface area contributed by atoms with Crippen LogP contribution in [0.25, 0.3) is 0 Å². The van der Waals surface area contributed by atoms with E-state index in [1.807, 2.05) is 6.92 Å². The van der Waals surface area contributed by atoms with Crippen molar-refractivity contribution in [3.8, 4) is 0 Å². The molecular weight excluding hydrogens is 282 g/mol. The van der Waals surface area contributed by atoms with Crippen molar-refractivity contribution in [2.75, 3.05) is 12.3 Å². The topological polar surface area (TPSA) is 104 Å². The highest BCUT2D eigenvalue weighted by molar-refractivity contribution is 7.85. The first-order chi connectivity index (χ1) is 9.20. The van der Waals surface area contributed by atoms with E-state index < -0.39 is 15.9 Å². The number of hydrogen-bond acceptors (Lipinski definition) is 4. The van der Waals surface area contributed by atoms with Gasteiger partial charge in [0.05, 0.1) is 11.9 Å². The number of aliphatic hydroxyl groups is 1. The number of rotatable bonds is 10. The third kappa shape index (κ3) is 13.5. The van der Waals surface area contributed by atoms with Crippen LogP contribution in [0.2, 0.25) is 0 Å². The highest BCUT2D eigenvalue weighted by Crippen LogP contribution is 2.10. The molecule has 0 bridgehead atoms. The van der Waals surface area contributed by atoms with E-state index in [9.17, 15) is 13.2 Å². The van der Waals surface area contributed by atoms with Crippen LogP contribution in [0.15, 0.2) is 11.6 Å². The third-order valence-electron chi connectivity index (χ3n) is 2.73. The Bertz CT molecular complexity index is 414. The van der Waals surface area contributed by atoms with Crippen molar-refractivity contribution in [3.05, 3.63) is 11.6 Å². The molecule has 0 unspecified atom stereocenters. The zero-order valence-electron chi connectivity index (χ0n) is 12.1. The van der Waals surface area contributed by atoms with Crippen LogP contribution in [0.5, 0.6) is 0 Å². The summed E-state index contributed by atoms with van der Waals surface area (Å²) in [7, 11) is -4.03. The van der Waals surface area contributed by atoms with E-state index >= 15 is 0 Å². The van der Waals surface area contributed by atoms with Crippen molar-refractivity contribution in [2.24, 2.45) is 0 Å². The molecule has 0 saturated carbocycles. The van der Waals surface area contributed by atoms with Crippen LogP contribution < -0.4 is 5.32 Å². The molecule has 1 atom stereocenters. The van der Waals surface area contributed by atoms with Gasteiger partial charge in [-0.3, -0.25) is 9.35 Å². The number of carbonyl (C=O) groups excluding carboxylic acids is 1. The van der Waals surface area contributed by atoms with E-state index in [1.165, 1.54) is 6.08 Å². The van der Waals surface area contributed by atoms with Crippen LogP contribution >= 0.6 is 0 Å². The minimum absolute atomic E-state index is 0.101. The molecule has 0 radical (unpaired) electrons. The third-order valence-corrected chi connectivity index (χ3v) is 3.45. The second-order valence-corrected chi connectivity index (χ2v) is 6.59. The zero-order valence-corrected chi connectivity index (χ0v) is 12.9. The molecular formula is C13H25NO5S. The first-order valence-electron chi connectivity index (χ1n) is 6.79. The summed E-state index contributed by atoms with van der Waals surface area (Å²) in [5.74, 6) is -0.833. The second-order valence-electron chi connectivity index (χ2n) is 5.02. The van der Waals surface area contributed by atoms with Crippen molar-refractivity contribution in [3.63, 3.8) is 0 Å². The van der Waals surface area contributed by atoms with Gasteiger partial charge >= 0.3 is 0 Å². The van der Waals surface area contributed by atoms with Gasteiger partial charge in [-0.25, -0.2) is 0 Å². The SMILES string of the molecule is C/C(=C/C(=O)NCCS(=O)(=O)O)CCCCC[C@@H](C)O. The average Bonchev–Trinajstić information content (AvgIpc) is 2.26. The summed E-state index contributed by atoms with van der Waals surface area (Å²) in [6.07, 6.45) is 5.68. The monoisotopic (exact) mass is 307 g/mol. The number of nitrogens with one attached hydrogen (secondary N) is 1. The van der Waals surface area contributed by atoms with Gasteiger partial charge in [0.2, 0.25) is 5.91 Å². The Kier molecular flexibility index (Phi) is 9.45. The first kappa shape index (κ1) is 19.1. The molecule has 0 aliphatic carbocycles. The van der Waals surface area contributed by atoms with E-state index in [4.69, 9.17) is 9.66 Å². The summed E-state index contributed by atoms with van der Waals surface area (Å²) >= 11 is 0. The van der Waals surface area contributed by atoms with Gasteiger partial charge < -0.3 is 10.4 Å². The maximum Gasteiger partial charge on any atom is 0.266 e. The lowest BCUT2D eigenvalue weighted by Gasteiger charge is -2.05. The summed E-state index contributed by atoms with van der Waals surface area (Å²) in [4.78, 5) is 11.4. The molecule has 20 heavy (non-hydrogen) atoms. The predicted molar refractivity (Wildman–Crippen MR) is 77.9 cm³/mol. The molecule has 0 heterocycles. The molecule has 1 amide bonds. The van der Waals surface area contributed by atoms with Crippen molar-refractivity contribution in [1.29, 1.82) is 0 Å². The van der Waals surface area contributed by atoms with Crippen LogP contribution in [-0.2, 0) is 14.9 Å². The van der Waals surface area contributed by atoms with Gasteiger partial charge in [-0.15, -0.1) is 0 Å². The summed E-state index contributed by atoms with van der Waals surface area (Å²) in [6.45, 7) is 3.51. The average molecular weight is 307 g/mol. The Labute approximate surface area is 121 Å². The molecule has 0 aliphatic heterocycles. The van der Waals surface area contributed by atoms with Gasteiger partial charge in [0.25, 0.3) is 10.1 Å². The van der Waals surface area contributed by atoms with Crippen molar-refractivity contribution < 1.29 is 22.9 Å². The molecule has 0 aliphatic rings. The maximum atomic E-state index is 11.4. The number of hydrogen-bond donors (Lipinski definition) is 3. The summed E-state index contributed by atoms with van der Waals surface area (Å²) in [6, 6.07) is 0. The van der Waals surface area contributed by atoms with Gasteiger partial charge in [0.15, 0.2) is 0 Å². The van der Waals surface area contributed by atoms with Gasteiger partial charge in [-0.1, -0.05) is 18.4 Å². The molecule has 118 valence electrons. The molecule has 0 aromatic rings. The molecule has 6 nitrogen and oxygen atoms in total. The molecule has 0 rings (SSSR count). The standard InChI is InChI=1S/C13H25NO5S/c1-11(6-4-3-5-7-12(2)15)10-13(16)14-8-9-20(17,18)19/h10,12,15H,3-9H2,1-2H3,(H,14,16)(H,17,18,19)/b11-10-/t12-/m1/s1. The minimum atomic E-state index is -4.03. The summed E-state index contributed by atoms with van der Waals surface area (Å²) < 4.78 is 29.4. The van der Waals surface area contributed by atoms with E-state index in [0.29, 0.717) is 0 Å². The number of aliphatic hydroxyl groups excluding tert-OH is 1. The Morgan fingerprint density at radius 2 is 1.95 bits per heavy atom. The Morgan fingerprint density at radius 3 is 2.50 bits per heavy atom. The number of amides is 1. The quantitative estimate of drug-likeness (QED) is 0.320.